The number of aryl methyl sites for hydroxylation is 1. The summed E-state index contributed by atoms with van der Waals surface area (Å²) in [6, 6.07) is 6.51. The molecule has 1 aliphatic rings. The van der Waals surface area contributed by atoms with Gasteiger partial charge in [-0.3, -0.25) is 4.79 Å². The minimum Gasteiger partial charge on any atom is -0.382 e. The summed E-state index contributed by atoms with van der Waals surface area (Å²) in [5, 5.41) is 9.75. The molecular formula is C14H21N3O. The molecule has 1 aliphatic heterocycles. The van der Waals surface area contributed by atoms with Gasteiger partial charge in [-0.25, -0.2) is 0 Å². The highest BCUT2D eigenvalue weighted by molar-refractivity contribution is 5.89. The molecule has 1 aromatic rings. The first-order valence-electron chi connectivity index (χ1n) is 6.50. The molecule has 2 rings (SSSR count). The fourth-order valence-electron chi connectivity index (χ4n) is 2.24. The van der Waals surface area contributed by atoms with Gasteiger partial charge >= 0.3 is 0 Å². The van der Waals surface area contributed by atoms with Crippen molar-refractivity contribution < 1.29 is 4.79 Å². The monoisotopic (exact) mass is 247 g/mol. The topological polar surface area (TPSA) is 53.2 Å². The fraction of sp³-hybridized carbons (Fsp3) is 0.500. The van der Waals surface area contributed by atoms with Crippen LogP contribution >= 0.6 is 0 Å². The van der Waals surface area contributed by atoms with Crippen molar-refractivity contribution in [3.63, 3.8) is 0 Å². The van der Waals surface area contributed by atoms with Crippen LogP contribution < -0.4 is 16.0 Å². The van der Waals surface area contributed by atoms with E-state index in [1.54, 1.807) is 0 Å². The summed E-state index contributed by atoms with van der Waals surface area (Å²) in [5.74, 6) is -0.0355. The van der Waals surface area contributed by atoms with Gasteiger partial charge < -0.3 is 16.0 Å². The minimum absolute atomic E-state index is 0.0355. The molecule has 3 N–H and O–H groups in total. The first-order chi connectivity index (χ1) is 8.65. The van der Waals surface area contributed by atoms with Crippen LogP contribution in [0.5, 0.6) is 0 Å². The van der Waals surface area contributed by atoms with Crippen LogP contribution in [0.2, 0.25) is 0 Å². The number of carbonyl (C=O) groups is 1. The van der Waals surface area contributed by atoms with Gasteiger partial charge in [0.1, 0.15) is 0 Å². The van der Waals surface area contributed by atoms with Crippen LogP contribution in [0.25, 0.3) is 0 Å². The van der Waals surface area contributed by atoms with Gasteiger partial charge in [-0.15, -0.1) is 0 Å². The molecule has 1 saturated heterocycles. The van der Waals surface area contributed by atoms with E-state index in [1.807, 2.05) is 18.2 Å². The maximum Gasteiger partial charge on any atom is 0.221 e. The van der Waals surface area contributed by atoms with E-state index in [9.17, 15) is 4.79 Å². The van der Waals surface area contributed by atoms with E-state index in [-0.39, 0.29) is 5.91 Å². The number of hydrogen-bond donors (Lipinski definition) is 3. The zero-order valence-electron chi connectivity index (χ0n) is 11.0. The summed E-state index contributed by atoms with van der Waals surface area (Å²) in [6.07, 6.45) is 2.29. The Morgan fingerprint density at radius 3 is 2.72 bits per heavy atom. The van der Waals surface area contributed by atoms with E-state index >= 15 is 0 Å². The highest BCUT2D eigenvalue weighted by atomic mass is 16.1. The second-order valence-electron chi connectivity index (χ2n) is 4.88. The standard InChI is InChI=1S/C14H21N3O/c1-10-3-4-13(16-11(2)18)9-14(10)17-12-5-7-15-8-6-12/h3-4,9,12,15,17H,5-8H2,1-2H3,(H,16,18). The third-order valence-electron chi connectivity index (χ3n) is 3.26. The Balaban J connectivity index is 2.07. The predicted octanol–water partition coefficient (Wildman–Crippen LogP) is 2.12. The summed E-state index contributed by atoms with van der Waals surface area (Å²) in [4.78, 5) is 11.1. The zero-order chi connectivity index (χ0) is 13.0. The van der Waals surface area contributed by atoms with Crippen molar-refractivity contribution in [2.45, 2.75) is 32.7 Å². The van der Waals surface area contributed by atoms with Gasteiger partial charge in [0.05, 0.1) is 0 Å². The van der Waals surface area contributed by atoms with E-state index in [0.717, 1.165) is 37.3 Å². The van der Waals surface area contributed by atoms with E-state index in [4.69, 9.17) is 0 Å². The number of piperidine rings is 1. The van der Waals surface area contributed by atoms with Crippen molar-refractivity contribution in [1.82, 2.24) is 5.32 Å². The van der Waals surface area contributed by atoms with Crippen molar-refractivity contribution in [2.24, 2.45) is 0 Å². The molecule has 1 heterocycles. The summed E-state index contributed by atoms with van der Waals surface area (Å²) >= 11 is 0. The molecule has 0 radical (unpaired) electrons. The van der Waals surface area contributed by atoms with Gasteiger partial charge in [0.15, 0.2) is 0 Å². The molecule has 1 amide bonds. The van der Waals surface area contributed by atoms with Crippen LogP contribution in [0.1, 0.15) is 25.3 Å². The van der Waals surface area contributed by atoms with E-state index in [1.165, 1.54) is 12.5 Å². The third-order valence-corrected chi connectivity index (χ3v) is 3.26. The molecule has 0 aromatic heterocycles. The summed E-state index contributed by atoms with van der Waals surface area (Å²) in [7, 11) is 0. The Morgan fingerprint density at radius 1 is 1.33 bits per heavy atom. The number of nitrogens with one attached hydrogen (secondary N) is 3. The van der Waals surface area contributed by atoms with Crippen LogP contribution in [-0.2, 0) is 4.79 Å². The maximum absolute atomic E-state index is 11.1. The average molecular weight is 247 g/mol. The fourth-order valence-corrected chi connectivity index (χ4v) is 2.24. The second-order valence-corrected chi connectivity index (χ2v) is 4.88. The normalized spacial score (nSPS) is 16.3. The molecule has 98 valence electrons. The van der Waals surface area contributed by atoms with Crippen LogP contribution in [0.4, 0.5) is 11.4 Å². The molecule has 0 saturated carbocycles. The van der Waals surface area contributed by atoms with Gasteiger partial charge in [-0.05, 0) is 50.6 Å². The molecule has 1 aromatic carbocycles. The van der Waals surface area contributed by atoms with Crippen molar-refractivity contribution in [2.75, 3.05) is 23.7 Å². The number of anilines is 2. The van der Waals surface area contributed by atoms with E-state index < -0.39 is 0 Å². The number of hydrogen-bond acceptors (Lipinski definition) is 3. The lowest BCUT2D eigenvalue weighted by Gasteiger charge is -2.25. The first kappa shape index (κ1) is 12.9. The zero-order valence-corrected chi connectivity index (χ0v) is 11.0. The van der Waals surface area contributed by atoms with Crippen LogP contribution in [0, 0.1) is 6.92 Å². The van der Waals surface area contributed by atoms with E-state index in [0.29, 0.717) is 6.04 Å². The summed E-state index contributed by atoms with van der Waals surface area (Å²) in [6.45, 7) is 5.75. The highest BCUT2D eigenvalue weighted by Gasteiger charge is 2.13. The van der Waals surface area contributed by atoms with Gasteiger partial charge in [-0.2, -0.15) is 0 Å². The molecule has 0 unspecified atom stereocenters. The van der Waals surface area contributed by atoms with Crippen LogP contribution in [0.3, 0.4) is 0 Å². The molecule has 4 nitrogen and oxygen atoms in total. The lowest BCUT2D eigenvalue weighted by Crippen LogP contribution is -2.35. The summed E-state index contributed by atoms with van der Waals surface area (Å²) < 4.78 is 0. The minimum atomic E-state index is -0.0355. The van der Waals surface area contributed by atoms with Gasteiger partial charge in [0.25, 0.3) is 0 Å². The molecule has 1 fully saturated rings. The Bertz CT molecular complexity index is 425. The molecular weight excluding hydrogens is 226 g/mol. The largest absolute Gasteiger partial charge is 0.382 e. The lowest BCUT2D eigenvalue weighted by atomic mass is 10.1. The molecule has 0 bridgehead atoms. The highest BCUT2D eigenvalue weighted by Crippen LogP contribution is 2.22. The number of rotatable bonds is 3. The van der Waals surface area contributed by atoms with Gasteiger partial charge in [0.2, 0.25) is 5.91 Å². The molecule has 0 spiro atoms. The third kappa shape index (κ3) is 3.47. The molecule has 0 atom stereocenters. The lowest BCUT2D eigenvalue weighted by molar-refractivity contribution is -0.114. The molecule has 0 aliphatic carbocycles. The van der Waals surface area contributed by atoms with Crippen LogP contribution in [-0.4, -0.2) is 25.0 Å². The second kappa shape index (κ2) is 5.87. The quantitative estimate of drug-likeness (QED) is 0.767. The maximum atomic E-state index is 11.1. The number of benzene rings is 1. The van der Waals surface area contributed by atoms with Crippen molar-refractivity contribution in [3.05, 3.63) is 23.8 Å². The predicted molar refractivity (Wildman–Crippen MR) is 75.0 cm³/mol. The smallest absolute Gasteiger partial charge is 0.221 e. The average Bonchev–Trinajstić information content (AvgIpc) is 2.34. The Hall–Kier alpha value is -1.55. The van der Waals surface area contributed by atoms with Crippen molar-refractivity contribution in [1.29, 1.82) is 0 Å². The van der Waals surface area contributed by atoms with Crippen molar-refractivity contribution >= 4 is 17.3 Å². The van der Waals surface area contributed by atoms with Crippen molar-refractivity contribution in [3.8, 4) is 0 Å². The van der Waals surface area contributed by atoms with Gasteiger partial charge in [0, 0.05) is 24.3 Å². The Labute approximate surface area is 108 Å². The molecule has 4 heteroatoms. The Kier molecular flexibility index (Phi) is 4.20. The number of amides is 1. The first-order valence-corrected chi connectivity index (χ1v) is 6.50. The SMILES string of the molecule is CC(=O)Nc1ccc(C)c(NC2CCNCC2)c1. The van der Waals surface area contributed by atoms with E-state index in [2.05, 4.69) is 22.9 Å². The molecule has 18 heavy (non-hydrogen) atoms. The summed E-state index contributed by atoms with van der Waals surface area (Å²) in [5.41, 5.74) is 3.18. The Morgan fingerprint density at radius 2 is 2.06 bits per heavy atom. The van der Waals surface area contributed by atoms with Crippen LogP contribution in [0.15, 0.2) is 18.2 Å². The van der Waals surface area contributed by atoms with Gasteiger partial charge in [-0.1, -0.05) is 6.07 Å². The number of carbonyl (C=O) groups excluding carboxylic acids is 1.